The number of carbonyl (C=O) groups is 1. The lowest BCUT2D eigenvalue weighted by Crippen LogP contribution is -2.39. The Hall–Kier alpha value is -1.59. The Balaban J connectivity index is 2.93. The number of rotatable bonds is 6. The van der Waals surface area contributed by atoms with Crippen molar-refractivity contribution in [1.82, 2.24) is 9.88 Å². The minimum Gasteiger partial charge on any atom is -0.336 e. The summed E-state index contributed by atoms with van der Waals surface area (Å²) in [5, 5.41) is 0. The fourth-order valence-electron chi connectivity index (χ4n) is 1.92. The smallest absolute Gasteiger partial charge is 0.336 e. The number of unbranched alkanes of at least 4 members (excludes halogenated alkanes) is 1. The highest BCUT2D eigenvalue weighted by molar-refractivity contribution is 5.94. The van der Waals surface area contributed by atoms with Gasteiger partial charge in [0.2, 0.25) is 0 Å². The van der Waals surface area contributed by atoms with Crippen LogP contribution in [0.25, 0.3) is 0 Å². The molecule has 118 valence electrons. The van der Waals surface area contributed by atoms with Gasteiger partial charge in [0.1, 0.15) is 5.69 Å². The number of hydrogen-bond donors (Lipinski definition) is 0. The van der Waals surface area contributed by atoms with Crippen LogP contribution in [0.5, 0.6) is 0 Å². The first-order valence-electron chi connectivity index (χ1n) is 7.15. The van der Waals surface area contributed by atoms with E-state index in [-0.39, 0.29) is 17.5 Å². The van der Waals surface area contributed by atoms with Crippen LogP contribution in [0.1, 0.15) is 56.1 Å². The van der Waals surface area contributed by atoms with Crippen molar-refractivity contribution in [2.24, 2.45) is 0 Å². The van der Waals surface area contributed by atoms with E-state index in [9.17, 15) is 18.0 Å². The van der Waals surface area contributed by atoms with Gasteiger partial charge in [0.05, 0.1) is 5.56 Å². The Kier molecular flexibility index (Phi) is 6.18. The largest absolute Gasteiger partial charge is 0.433 e. The molecule has 0 aliphatic rings. The average molecular weight is 302 g/mol. The SMILES string of the molecule is CCCCN(C(=O)c1ccc(C(F)(F)F)nc1)C(C)CC. The molecule has 0 radical (unpaired) electrons. The Bertz CT molecular complexity index is 457. The summed E-state index contributed by atoms with van der Waals surface area (Å²) in [6.45, 7) is 6.54. The zero-order valence-electron chi connectivity index (χ0n) is 12.6. The van der Waals surface area contributed by atoms with E-state index in [1.54, 1.807) is 4.90 Å². The van der Waals surface area contributed by atoms with E-state index >= 15 is 0 Å². The Labute approximate surface area is 123 Å². The van der Waals surface area contributed by atoms with Crippen molar-refractivity contribution in [1.29, 1.82) is 0 Å². The van der Waals surface area contributed by atoms with Crippen LogP contribution in [0.15, 0.2) is 18.3 Å². The number of halogens is 3. The molecule has 0 saturated heterocycles. The van der Waals surface area contributed by atoms with Gasteiger partial charge in [-0.1, -0.05) is 20.3 Å². The number of aromatic nitrogens is 1. The monoisotopic (exact) mass is 302 g/mol. The first kappa shape index (κ1) is 17.5. The van der Waals surface area contributed by atoms with Crippen molar-refractivity contribution in [2.45, 2.75) is 52.3 Å². The third-order valence-electron chi connectivity index (χ3n) is 3.44. The van der Waals surface area contributed by atoms with Crippen molar-refractivity contribution in [2.75, 3.05) is 6.54 Å². The normalized spacial score (nSPS) is 13.0. The van der Waals surface area contributed by atoms with Crippen LogP contribution in [0.3, 0.4) is 0 Å². The molecule has 3 nitrogen and oxygen atoms in total. The Morgan fingerprint density at radius 3 is 2.43 bits per heavy atom. The lowest BCUT2D eigenvalue weighted by atomic mass is 10.1. The molecule has 1 aromatic heterocycles. The van der Waals surface area contributed by atoms with E-state index < -0.39 is 11.9 Å². The third-order valence-corrected chi connectivity index (χ3v) is 3.44. The van der Waals surface area contributed by atoms with E-state index in [0.29, 0.717) is 6.54 Å². The van der Waals surface area contributed by atoms with Crippen molar-refractivity contribution >= 4 is 5.91 Å². The van der Waals surface area contributed by atoms with Gasteiger partial charge in [0.25, 0.3) is 5.91 Å². The van der Waals surface area contributed by atoms with Gasteiger partial charge < -0.3 is 4.90 Å². The highest BCUT2D eigenvalue weighted by atomic mass is 19.4. The van der Waals surface area contributed by atoms with E-state index in [4.69, 9.17) is 0 Å². The van der Waals surface area contributed by atoms with Crippen LogP contribution in [0.2, 0.25) is 0 Å². The molecule has 1 rings (SSSR count). The van der Waals surface area contributed by atoms with Crippen molar-refractivity contribution < 1.29 is 18.0 Å². The Morgan fingerprint density at radius 2 is 2.00 bits per heavy atom. The molecule has 0 fully saturated rings. The lowest BCUT2D eigenvalue weighted by Gasteiger charge is -2.28. The van der Waals surface area contributed by atoms with Crippen LogP contribution in [0, 0.1) is 0 Å². The fraction of sp³-hybridized carbons (Fsp3) is 0.600. The number of pyridine rings is 1. The molecule has 1 atom stereocenters. The standard InChI is InChI=1S/C15H21F3N2O/c1-4-6-9-20(11(3)5-2)14(21)12-7-8-13(19-10-12)15(16,17)18/h7-8,10-11H,4-6,9H2,1-3H3. The maximum Gasteiger partial charge on any atom is 0.433 e. The fourth-order valence-corrected chi connectivity index (χ4v) is 1.92. The maximum atomic E-state index is 12.5. The summed E-state index contributed by atoms with van der Waals surface area (Å²) in [5.74, 6) is -0.265. The van der Waals surface area contributed by atoms with Gasteiger partial charge in [-0.05, 0) is 31.9 Å². The summed E-state index contributed by atoms with van der Waals surface area (Å²) in [6, 6.07) is 2.09. The van der Waals surface area contributed by atoms with Crippen molar-refractivity contribution in [3.8, 4) is 0 Å². The topological polar surface area (TPSA) is 33.2 Å². The molecule has 0 bridgehead atoms. The van der Waals surface area contributed by atoms with E-state index in [2.05, 4.69) is 4.98 Å². The quantitative estimate of drug-likeness (QED) is 0.791. The van der Waals surface area contributed by atoms with Crippen molar-refractivity contribution in [3.05, 3.63) is 29.6 Å². The van der Waals surface area contributed by atoms with E-state index in [1.165, 1.54) is 6.07 Å². The maximum absolute atomic E-state index is 12.5. The zero-order valence-corrected chi connectivity index (χ0v) is 12.6. The zero-order chi connectivity index (χ0) is 16.0. The Morgan fingerprint density at radius 1 is 1.33 bits per heavy atom. The molecule has 0 aliphatic heterocycles. The molecule has 0 aliphatic carbocycles. The minimum absolute atomic E-state index is 0.0475. The molecule has 0 spiro atoms. The number of hydrogen-bond acceptors (Lipinski definition) is 2. The van der Waals surface area contributed by atoms with Gasteiger partial charge in [-0.3, -0.25) is 9.78 Å². The van der Waals surface area contributed by atoms with Gasteiger partial charge in [-0.25, -0.2) is 0 Å². The summed E-state index contributed by atoms with van der Waals surface area (Å²) in [7, 11) is 0. The molecule has 0 saturated carbocycles. The summed E-state index contributed by atoms with van der Waals surface area (Å²) in [6.07, 6.45) is -0.869. The van der Waals surface area contributed by atoms with E-state index in [1.807, 2.05) is 20.8 Å². The molecule has 1 aromatic rings. The first-order valence-corrected chi connectivity index (χ1v) is 7.15. The molecular weight excluding hydrogens is 281 g/mol. The number of carbonyl (C=O) groups excluding carboxylic acids is 1. The molecule has 1 heterocycles. The van der Waals surface area contributed by atoms with Crippen LogP contribution >= 0.6 is 0 Å². The summed E-state index contributed by atoms with van der Waals surface area (Å²) < 4.78 is 37.4. The van der Waals surface area contributed by atoms with Gasteiger partial charge >= 0.3 is 6.18 Å². The second kappa shape index (κ2) is 7.43. The second-order valence-electron chi connectivity index (χ2n) is 5.04. The lowest BCUT2D eigenvalue weighted by molar-refractivity contribution is -0.141. The molecule has 0 N–H and O–H groups in total. The van der Waals surface area contributed by atoms with Crippen molar-refractivity contribution in [3.63, 3.8) is 0 Å². The molecule has 6 heteroatoms. The summed E-state index contributed by atoms with van der Waals surface area (Å²) >= 11 is 0. The van der Waals surface area contributed by atoms with Crippen LogP contribution in [0.4, 0.5) is 13.2 Å². The van der Waals surface area contributed by atoms with Crippen LogP contribution in [-0.4, -0.2) is 28.4 Å². The predicted octanol–water partition coefficient (Wildman–Crippen LogP) is 4.14. The predicted molar refractivity (Wildman–Crippen MR) is 74.9 cm³/mol. The number of amides is 1. The molecule has 0 aromatic carbocycles. The van der Waals surface area contributed by atoms with Crippen LogP contribution < -0.4 is 0 Å². The number of alkyl halides is 3. The van der Waals surface area contributed by atoms with Gasteiger partial charge in [-0.2, -0.15) is 13.2 Å². The average Bonchev–Trinajstić information content (AvgIpc) is 2.46. The highest BCUT2D eigenvalue weighted by Gasteiger charge is 2.32. The van der Waals surface area contributed by atoms with E-state index in [0.717, 1.165) is 31.5 Å². The molecular formula is C15H21F3N2O. The molecule has 1 amide bonds. The van der Waals surface area contributed by atoms with Crippen LogP contribution in [-0.2, 0) is 6.18 Å². The summed E-state index contributed by atoms with van der Waals surface area (Å²) in [5.41, 5.74) is -0.790. The van der Waals surface area contributed by atoms with Gasteiger partial charge in [0, 0.05) is 18.8 Å². The second-order valence-corrected chi connectivity index (χ2v) is 5.04. The third kappa shape index (κ3) is 4.72. The molecule has 21 heavy (non-hydrogen) atoms. The first-order chi connectivity index (χ1) is 9.81. The van der Waals surface area contributed by atoms with Gasteiger partial charge in [-0.15, -0.1) is 0 Å². The summed E-state index contributed by atoms with van der Waals surface area (Å²) in [4.78, 5) is 17.5. The molecule has 1 unspecified atom stereocenters. The minimum atomic E-state index is -4.49. The number of nitrogens with zero attached hydrogens (tertiary/aromatic N) is 2. The highest BCUT2D eigenvalue weighted by Crippen LogP contribution is 2.27. The van der Waals surface area contributed by atoms with Gasteiger partial charge in [0.15, 0.2) is 0 Å².